The van der Waals surface area contributed by atoms with Gasteiger partial charge >= 0.3 is 0 Å². The number of pyridine rings is 1. The van der Waals surface area contributed by atoms with E-state index < -0.39 is 0 Å². The van der Waals surface area contributed by atoms with E-state index in [1.165, 1.54) is 0 Å². The van der Waals surface area contributed by atoms with Crippen molar-refractivity contribution in [1.29, 1.82) is 0 Å². The van der Waals surface area contributed by atoms with Crippen molar-refractivity contribution in [1.82, 2.24) is 4.98 Å². The Hall–Kier alpha value is -2.69. The summed E-state index contributed by atoms with van der Waals surface area (Å²) in [5.41, 5.74) is 2.86. The number of amides is 2. The van der Waals surface area contributed by atoms with Gasteiger partial charge in [-0.1, -0.05) is 18.2 Å². The summed E-state index contributed by atoms with van der Waals surface area (Å²) in [6, 6.07) is 11.3. The van der Waals surface area contributed by atoms with Gasteiger partial charge in [-0.15, -0.1) is 0 Å². The molecule has 1 aliphatic heterocycles. The molecule has 0 atom stereocenters. The first-order valence-electron chi connectivity index (χ1n) is 7.73. The summed E-state index contributed by atoms with van der Waals surface area (Å²) < 4.78 is 0. The second-order valence-corrected chi connectivity index (χ2v) is 5.76. The molecule has 23 heavy (non-hydrogen) atoms. The molecule has 1 N–H and O–H groups in total. The molecule has 0 unspecified atom stereocenters. The van der Waals surface area contributed by atoms with Gasteiger partial charge in [-0.05, 0) is 42.7 Å². The lowest BCUT2D eigenvalue weighted by molar-refractivity contribution is -0.117. The molecule has 3 rings (SSSR count). The fourth-order valence-corrected chi connectivity index (χ4v) is 2.63. The van der Waals surface area contributed by atoms with Crippen molar-refractivity contribution in [3.8, 4) is 0 Å². The van der Waals surface area contributed by atoms with Crippen LogP contribution in [0.4, 0.5) is 11.5 Å². The van der Waals surface area contributed by atoms with Crippen LogP contribution in [-0.4, -0.2) is 23.3 Å². The van der Waals surface area contributed by atoms with Crippen LogP contribution < -0.4 is 10.2 Å². The Morgan fingerprint density at radius 3 is 2.61 bits per heavy atom. The van der Waals surface area contributed by atoms with Crippen molar-refractivity contribution >= 4 is 23.3 Å². The van der Waals surface area contributed by atoms with Gasteiger partial charge in [-0.3, -0.25) is 9.59 Å². The highest BCUT2D eigenvalue weighted by Crippen LogP contribution is 2.21. The number of aromatic nitrogens is 1. The molecule has 0 bridgehead atoms. The quantitative estimate of drug-likeness (QED) is 0.944. The maximum Gasteiger partial charge on any atom is 0.229 e. The standard InChI is InChI=1S/C18H19N3O2/c1-13-4-9-16(19-12-13)20-17(22)11-14-5-7-15(8-6-14)21-10-2-3-18(21)23/h4-9,12H,2-3,10-11H2,1H3,(H,19,20,22). The molecule has 1 aromatic heterocycles. The Labute approximate surface area is 135 Å². The summed E-state index contributed by atoms with van der Waals surface area (Å²) in [6.45, 7) is 2.73. The predicted molar refractivity (Wildman–Crippen MR) is 89.3 cm³/mol. The van der Waals surface area contributed by atoms with Crippen molar-refractivity contribution in [3.05, 3.63) is 53.7 Å². The van der Waals surface area contributed by atoms with E-state index in [9.17, 15) is 9.59 Å². The van der Waals surface area contributed by atoms with Crippen LogP contribution in [0.3, 0.4) is 0 Å². The van der Waals surface area contributed by atoms with Gasteiger partial charge in [0.1, 0.15) is 5.82 Å². The zero-order valence-corrected chi connectivity index (χ0v) is 13.1. The van der Waals surface area contributed by atoms with Gasteiger partial charge in [-0.2, -0.15) is 0 Å². The Bertz CT molecular complexity index is 708. The zero-order chi connectivity index (χ0) is 16.2. The van der Waals surface area contributed by atoms with Gasteiger partial charge in [0, 0.05) is 24.8 Å². The normalized spacial score (nSPS) is 14.1. The molecule has 0 spiro atoms. The number of nitrogens with zero attached hydrogens (tertiary/aromatic N) is 2. The molecular weight excluding hydrogens is 290 g/mol. The maximum absolute atomic E-state index is 12.0. The van der Waals surface area contributed by atoms with Gasteiger partial charge in [0.05, 0.1) is 6.42 Å². The lowest BCUT2D eigenvalue weighted by Crippen LogP contribution is -2.23. The van der Waals surface area contributed by atoms with Gasteiger partial charge in [-0.25, -0.2) is 4.98 Å². The molecule has 2 amide bonds. The first-order valence-corrected chi connectivity index (χ1v) is 7.73. The van der Waals surface area contributed by atoms with Gasteiger partial charge in [0.15, 0.2) is 0 Å². The molecule has 0 aliphatic carbocycles. The Morgan fingerprint density at radius 1 is 1.22 bits per heavy atom. The highest BCUT2D eigenvalue weighted by atomic mass is 16.2. The van der Waals surface area contributed by atoms with Crippen molar-refractivity contribution in [3.63, 3.8) is 0 Å². The van der Waals surface area contributed by atoms with E-state index >= 15 is 0 Å². The molecule has 1 aromatic carbocycles. The number of aryl methyl sites for hydroxylation is 1. The monoisotopic (exact) mass is 309 g/mol. The predicted octanol–water partition coefficient (Wildman–Crippen LogP) is 2.70. The van der Waals surface area contributed by atoms with Crippen LogP contribution in [-0.2, 0) is 16.0 Å². The highest BCUT2D eigenvalue weighted by Gasteiger charge is 2.21. The number of rotatable bonds is 4. The van der Waals surface area contributed by atoms with Crippen LogP contribution in [0.1, 0.15) is 24.0 Å². The van der Waals surface area contributed by atoms with E-state index in [1.807, 2.05) is 37.3 Å². The minimum Gasteiger partial charge on any atom is -0.312 e. The summed E-state index contributed by atoms with van der Waals surface area (Å²) in [5, 5.41) is 2.78. The Morgan fingerprint density at radius 2 is 2.00 bits per heavy atom. The molecule has 0 radical (unpaired) electrons. The first-order chi connectivity index (χ1) is 11.1. The number of benzene rings is 1. The first kappa shape index (κ1) is 15.2. The second kappa shape index (κ2) is 6.60. The van der Waals surface area contributed by atoms with E-state index in [2.05, 4.69) is 10.3 Å². The smallest absolute Gasteiger partial charge is 0.229 e. The molecule has 1 saturated heterocycles. The summed E-state index contributed by atoms with van der Waals surface area (Å²) in [6.07, 6.45) is 3.53. The van der Waals surface area contributed by atoms with E-state index in [0.29, 0.717) is 12.2 Å². The molecule has 5 nitrogen and oxygen atoms in total. The molecule has 118 valence electrons. The SMILES string of the molecule is Cc1ccc(NC(=O)Cc2ccc(N3CCCC3=O)cc2)nc1. The van der Waals surface area contributed by atoms with Crippen LogP contribution in [0.2, 0.25) is 0 Å². The third-order valence-corrected chi connectivity index (χ3v) is 3.86. The minimum absolute atomic E-state index is 0.105. The average molecular weight is 309 g/mol. The van der Waals surface area contributed by atoms with Gasteiger partial charge < -0.3 is 10.2 Å². The minimum atomic E-state index is -0.105. The topological polar surface area (TPSA) is 62.3 Å². The van der Waals surface area contributed by atoms with Crippen molar-refractivity contribution in [2.45, 2.75) is 26.2 Å². The zero-order valence-electron chi connectivity index (χ0n) is 13.1. The molecule has 2 heterocycles. The lowest BCUT2D eigenvalue weighted by Gasteiger charge is -2.15. The molecular formula is C18H19N3O2. The van der Waals surface area contributed by atoms with E-state index in [1.54, 1.807) is 17.2 Å². The molecule has 5 heteroatoms. The molecule has 1 fully saturated rings. The lowest BCUT2D eigenvalue weighted by atomic mass is 10.1. The van der Waals surface area contributed by atoms with Crippen LogP contribution in [0.5, 0.6) is 0 Å². The number of anilines is 2. The molecule has 0 saturated carbocycles. The van der Waals surface area contributed by atoms with Crippen LogP contribution in [0.15, 0.2) is 42.6 Å². The average Bonchev–Trinajstić information content (AvgIpc) is 2.96. The summed E-state index contributed by atoms with van der Waals surface area (Å²) in [4.78, 5) is 29.7. The Balaban J connectivity index is 1.60. The van der Waals surface area contributed by atoms with E-state index in [-0.39, 0.29) is 18.2 Å². The largest absolute Gasteiger partial charge is 0.312 e. The van der Waals surface area contributed by atoms with Crippen molar-refractivity contribution in [2.75, 3.05) is 16.8 Å². The third-order valence-electron chi connectivity index (χ3n) is 3.86. The van der Waals surface area contributed by atoms with Crippen LogP contribution in [0.25, 0.3) is 0 Å². The number of carbonyl (C=O) groups excluding carboxylic acids is 2. The maximum atomic E-state index is 12.0. The third kappa shape index (κ3) is 3.74. The Kier molecular flexibility index (Phi) is 4.37. The fraction of sp³-hybridized carbons (Fsp3) is 0.278. The summed E-state index contributed by atoms with van der Waals surface area (Å²) in [7, 11) is 0. The number of nitrogens with one attached hydrogen (secondary N) is 1. The van der Waals surface area contributed by atoms with E-state index in [4.69, 9.17) is 0 Å². The second-order valence-electron chi connectivity index (χ2n) is 5.76. The van der Waals surface area contributed by atoms with Crippen LogP contribution in [0, 0.1) is 6.92 Å². The molecule has 2 aromatic rings. The van der Waals surface area contributed by atoms with Crippen molar-refractivity contribution < 1.29 is 9.59 Å². The number of carbonyl (C=O) groups is 2. The number of hydrogen-bond donors (Lipinski definition) is 1. The summed E-state index contributed by atoms with van der Waals surface area (Å²) >= 11 is 0. The molecule has 1 aliphatic rings. The van der Waals surface area contributed by atoms with Crippen molar-refractivity contribution in [2.24, 2.45) is 0 Å². The fourth-order valence-electron chi connectivity index (χ4n) is 2.63. The highest BCUT2D eigenvalue weighted by molar-refractivity contribution is 5.95. The number of hydrogen-bond acceptors (Lipinski definition) is 3. The van der Waals surface area contributed by atoms with Crippen LogP contribution >= 0.6 is 0 Å². The van der Waals surface area contributed by atoms with E-state index in [0.717, 1.165) is 29.8 Å². The van der Waals surface area contributed by atoms with Gasteiger partial charge in [0.25, 0.3) is 0 Å². The summed E-state index contributed by atoms with van der Waals surface area (Å²) in [5.74, 6) is 0.618. The van der Waals surface area contributed by atoms with Gasteiger partial charge in [0.2, 0.25) is 11.8 Å².